The first-order valence-electron chi connectivity index (χ1n) is 4.47. The predicted molar refractivity (Wildman–Crippen MR) is 50.3 cm³/mol. The van der Waals surface area contributed by atoms with Gasteiger partial charge in [-0.25, -0.2) is 4.79 Å². The normalized spacial score (nSPS) is 19.1. The van der Waals surface area contributed by atoms with Crippen molar-refractivity contribution in [2.24, 2.45) is 0 Å². The van der Waals surface area contributed by atoms with E-state index in [1.807, 2.05) is 0 Å². The first-order valence-corrected chi connectivity index (χ1v) is 4.47. The Hall–Kier alpha value is -2.18. The molecule has 0 radical (unpaired) electrons. The molecule has 6 nitrogen and oxygen atoms in total. The summed E-state index contributed by atoms with van der Waals surface area (Å²) < 4.78 is 18.4. The van der Waals surface area contributed by atoms with Gasteiger partial charge in [-0.05, 0) is 0 Å². The molecule has 0 bridgehead atoms. The minimum absolute atomic E-state index is 0.00699. The molecule has 1 heterocycles. The van der Waals surface area contributed by atoms with E-state index in [-0.39, 0.29) is 12.1 Å². The smallest absolute Gasteiger partial charge is 0.407 e. The Labute approximate surface area is 89.2 Å². The summed E-state index contributed by atoms with van der Waals surface area (Å²) in [6.07, 6.45) is -1.47. The van der Waals surface area contributed by atoms with Crippen LogP contribution in [0.5, 0.6) is 0 Å². The number of cyclic esters (lactones) is 1. The van der Waals surface area contributed by atoms with Crippen molar-refractivity contribution >= 4 is 11.8 Å². The van der Waals surface area contributed by atoms with Gasteiger partial charge in [-0.3, -0.25) is 10.1 Å². The van der Waals surface area contributed by atoms with Gasteiger partial charge in [0.15, 0.2) is 0 Å². The fourth-order valence-electron chi connectivity index (χ4n) is 1.49. The number of hydrogen-bond acceptors (Lipinski definition) is 4. The molecule has 0 aliphatic carbocycles. The average molecular weight is 226 g/mol. The van der Waals surface area contributed by atoms with Gasteiger partial charge in [0.1, 0.15) is 6.10 Å². The van der Waals surface area contributed by atoms with Gasteiger partial charge >= 0.3 is 11.8 Å². The lowest BCUT2D eigenvalue weighted by atomic mass is 10.1. The molecule has 84 valence electrons. The lowest BCUT2D eigenvalue weighted by molar-refractivity contribution is -0.387. The summed E-state index contributed by atoms with van der Waals surface area (Å²) in [7, 11) is 0. The van der Waals surface area contributed by atoms with E-state index in [0.717, 1.165) is 6.07 Å². The third-order valence-electron chi connectivity index (χ3n) is 2.23. The van der Waals surface area contributed by atoms with Crippen molar-refractivity contribution in [3.63, 3.8) is 0 Å². The first-order chi connectivity index (χ1) is 7.59. The van der Waals surface area contributed by atoms with E-state index in [1.165, 1.54) is 12.1 Å². The second kappa shape index (κ2) is 3.76. The molecular weight excluding hydrogens is 219 g/mol. The Morgan fingerprint density at radius 3 is 2.88 bits per heavy atom. The Kier molecular flexibility index (Phi) is 2.43. The fourth-order valence-corrected chi connectivity index (χ4v) is 1.49. The van der Waals surface area contributed by atoms with Crippen molar-refractivity contribution in [3.05, 3.63) is 39.7 Å². The highest BCUT2D eigenvalue weighted by atomic mass is 19.1. The molecule has 1 atom stereocenters. The summed E-state index contributed by atoms with van der Waals surface area (Å²) in [6, 6.07) is 3.76. The van der Waals surface area contributed by atoms with Gasteiger partial charge in [0, 0.05) is 11.6 Å². The van der Waals surface area contributed by atoms with Crippen molar-refractivity contribution in [2.45, 2.75) is 6.10 Å². The summed E-state index contributed by atoms with van der Waals surface area (Å²) in [5.74, 6) is -0.964. The number of amides is 1. The molecule has 0 saturated carbocycles. The van der Waals surface area contributed by atoms with Crippen LogP contribution in [-0.4, -0.2) is 17.6 Å². The average Bonchev–Trinajstić information content (AvgIpc) is 2.64. The number of carbonyl (C=O) groups excluding carboxylic acids is 1. The topological polar surface area (TPSA) is 81.5 Å². The van der Waals surface area contributed by atoms with Crippen molar-refractivity contribution in [3.8, 4) is 0 Å². The molecular formula is C9H7FN2O4. The largest absolute Gasteiger partial charge is 0.439 e. The molecule has 1 aliphatic rings. The standard InChI is InChI=1S/C9H7FN2O4/c10-8-5(7-4-11-9(13)16-7)2-1-3-6(8)12(14)15/h1-3,7H,4H2,(H,11,13). The van der Waals surface area contributed by atoms with Crippen molar-refractivity contribution in [1.29, 1.82) is 0 Å². The molecule has 2 rings (SSSR count). The summed E-state index contributed by atoms with van der Waals surface area (Å²) in [5.41, 5.74) is -0.618. The van der Waals surface area contributed by atoms with Crippen LogP contribution >= 0.6 is 0 Å². The Morgan fingerprint density at radius 1 is 1.56 bits per heavy atom. The van der Waals surface area contributed by atoms with Gasteiger partial charge in [0.05, 0.1) is 11.5 Å². The fraction of sp³-hybridized carbons (Fsp3) is 0.222. The van der Waals surface area contributed by atoms with E-state index in [9.17, 15) is 19.3 Å². The minimum Gasteiger partial charge on any atom is -0.439 e. The number of ether oxygens (including phenoxy) is 1. The second-order valence-corrected chi connectivity index (χ2v) is 3.21. The Morgan fingerprint density at radius 2 is 2.31 bits per heavy atom. The van der Waals surface area contributed by atoms with Gasteiger partial charge in [-0.2, -0.15) is 4.39 Å². The van der Waals surface area contributed by atoms with Crippen LogP contribution in [0.4, 0.5) is 14.9 Å². The summed E-state index contributed by atoms with van der Waals surface area (Å²) in [6.45, 7) is 0.108. The number of benzene rings is 1. The molecule has 0 aromatic heterocycles. The van der Waals surface area contributed by atoms with Crippen LogP contribution in [0.15, 0.2) is 18.2 Å². The van der Waals surface area contributed by atoms with Crippen LogP contribution in [0.25, 0.3) is 0 Å². The Balaban J connectivity index is 2.38. The van der Waals surface area contributed by atoms with E-state index >= 15 is 0 Å². The predicted octanol–water partition coefficient (Wildman–Crippen LogP) is 1.51. The van der Waals surface area contributed by atoms with E-state index in [2.05, 4.69) is 5.32 Å². The lowest BCUT2D eigenvalue weighted by Crippen LogP contribution is -2.12. The maximum Gasteiger partial charge on any atom is 0.407 e. The third-order valence-corrected chi connectivity index (χ3v) is 2.23. The number of nitrogens with one attached hydrogen (secondary N) is 1. The molecule has 1 aliphatic heterocycles. The number of hydrogen-bond donors (Lipinski definition) is 1. The SMILES string of the molecule is O=C1NCC(c2cccc([N+](=O)[O-])c2F)O1. The maximum absolute atomic E-state index is 13.6. The number of nitro benzene ring substituents is 1. The zero-order chi connectivity index (χ0) is 11.7. The molecule has 1 saturated heterocycles. The van der Waals surface area contributed by atoms with Crippen LogP contribution in [-0.2, 0) is 4.74 Å². The molecule has 1 amide bonds. The zero-order valence-electron chi connectivity index (χ0n) is 7.97. The third kappa shape index (κ3) is 1.67. The van der Waals surface area contributed by atoms with Gasteiger partial charge in [0.25, 0.3) is 0 Å². The Bertz CT molecular complexity index is 463. The number of carbonyl (C=O) groups is 1. The van der Waals surface area contributed by atoms with Crippen molar-refractivity contribution < 1.29 is 18.8 Å². The quantitative estimate of drug-likeness (QED) is 0.612. The zero-order valence-corrected chi connectivity index (χ0v) is 7.97. The van der Waals surface area contributed by atoms with Gasteiger partial charge in [-0.15, -0.1) is 0 Å². The van der Waals surface area contributed by atoms with E-state index in [4.69, 9.17) is 4.74 Å². The number of nitro groups is 1. The first kappa shape index (κ1) is 10.3. The van der Waals surface area contributed by atoms with Crippen LogP contribution in [0.1, 0.15) is 11.7 Å². The number of rotatable bonds is 2. The van der Waals surface area contributed by atoms with Crippen molar-refractivity contribution in [2.75, 3.05) is 6.54 Å². The number of halogens is 1. The lowest BCUT2D eigenvalue weighted by Gasteiger charge is -2.08. The monoisotopic (exact) mass is 226 g/mol. The van der Waals surface area contributed by atoms with Crippen LogP contribution < -0.4 is 5.32 Å². The van der Waals surface area contributed by atoms with Gasteiger partial charge in [-0.1, -0.05) is 12.1 Å². The second-order valence-electron chi connectivity index (χ2n) is 3.21. The molecule has 1 N–H and O–H groups in total. The highest BCUT2D eigenvalue weighted by Crippen LogP contribution is 2.28. The van der Waals surface area contributed by atoms with E-state index in [1.54, 1.807) is 0 Å². The highest BCUT2D eigenvalue weighted by Gasteiger charge is 2.29. The van der Waals surface area contributed by atoms with E-state index < -0.39 is 28.6 Å². The minimum atomic E-state index is -0.964. The van der Waals surface area contributed by atoms with Crippen LogP contribution in [0.3, 0.4) is 0 Å². The van der Waals surface area contributed by atoms with Crippen LogP contribution in [0.2, 0.25) is 0 Å². The van der Waals surface area contributed by atoms with Gasteiger partial charge < -0.3 is 10.1 Å². The van der Waals surface area contributed by atoms with Crippen LogP contribution in [0, 0.1) is 15.9 Å². The van der Waals surface area contributed by atoms with E-state index in [0.29, 0.717) is 0 Å². The molecule has 16 heavy (non-hydrogen) atoms. The summed E-state index contributed by atoms with van der Waals surface area (Å²) >= 11 is 0. The molecule has 7 heteroatoms. The maximum atomic E-state index is 13.6. The van der Waals surface area contributed by atoms with Gasteiger partial charge in [0.2, 0.25) is 5.82 Å². The number of alkyl carbamates (subject to hydrolysis) is 1. The number of nitrogens with zero attached hydrogens (tertiary/aromatic N) is 1. The molecule has 1 aromatic carbocycles. The molecule has 1 unspecified atom stereocenters. The molecule has 1 fully saturated rings. The summed E-state index contributed by atoms with van der Waals surface area (Å²) in [5, 5.41) is 12.8. The van der Waals surface area contributed by atoms with Crippen molar-refractivity contribution in [1.82, 2.24) is 5.32 Å². The highest BCUT2D eigenvalue weighted by molar-refractivity contribution is 5.69. The molecule has 1 aromatic rings. The molecule has 0 spiro atoms. The summed E-state index contributed by atoms with van der Waals surface area (Å²) in [4.78, 5) is 20.4.